The lowest BCUT2D eigenvalue weighted by Gasteiger charge is -2.27. The summed E-state index contributed by atoms with van der Waals surface area (Å²) in [5.41, 5.74) is 3.79. The highest BCUT2D eigenvalue weighted by Gasteiger charge is 2.18. The molecule has 0 aliphatic carbocycles. The maximum atomic E-state index is 15.1. The van der Waals surface area contributed by atoms with Gasteiger partial charge in [0.05, 0.1) is 5.52 Å². The van der Waals surface area contributed by atoms with E-state index < -0.39 is 5.82 Å². The molecule has 0 radical (unpaired) electrons. The van der Waals surface area contributed by atoms with Crippen LogP contribution in [-0.2, 0) is 13.6 Å². The zero-order valence-corrected chi connectivity index (χ0v) is 19.7. The minimum Gasteiger partial charge on any atom is -0.434 e. The number of halogens is 1. The third-order valence-corrected chi connectivity index (χ3v) is 6.33. The largest absolute Gasteiger partial charge is 0.434 e. The van der Waals surface area contributed by atoms with Gasteiger partial charge in [0.15, 0.2) is 22.9 Å². The number of anilines is 2. The maximum absolute atomic E-state index is 15.1. The molecule has 1 aliphatic heterocycles. The molecule has 0 spiro atoms. The highest BCUT2D eigenvalue weighted by atomic mass is 19.1. The van der Waals surface area contributed by atoms with E-state index in [0.29, 0.717) is 11.2 Å². The van der Waals surface area contributed by atoms with Gasteiger partial charge in [-0.2, -0.15) is 5.26 Å². The third-order valence-electron chi connectivity index (χ3n) is 6.33. The van der Waals surface area contributed by atoms with Gasteiger partial charge >= 0.3 is 0 Å². The molecule has 0 atom stereocenters. The molecule has 9 heteroatoms. The smallest absolute Gasteiger partial charge is 0.242 e. The minimum atomic E-state index is -0.497. The van der Waals surface area contributed by atoms with E-state index in [1.165, 1.54) is 11.9 Å². The number of aromatic nitrogens is 3. The van der Waals surface area contributed by atoms with Crippen LogP contribution in [0.5, 0.6) is 11.6 Å². The van der Waals surface area contributed by atoms with Gasteiger partial charge in [-0.3, -0.25) is 4.90 Å². The van der Waals surface area contributed by atoms with Gasteiger partial charge in [-0.25, -0.2) is 14.4 Å². The van der Waals surface area contributed by atoms with Crippen molar-refractivity contribution >= 4 is 22.4 Å². The van der Waals surface area contributed by atoms with Gasteiger partial charge < -0.3 is 19.9 Å². The van der Waals surface area contributed by atoms with Crippen LogP contribution in [0.2, 0.25) is 0 Å². The number of aryl methyl sites for hydroxylation is 2. The van der Waals surface area contributed by atoms with E-state index >= 15 is 4.39 Å². The van der Waals surface area contributed by atoms with E-state index in [2.05, 4.69) is 43.7 Å². The zero-order valence-electron chi connectivity index (χ0n) is 19.7. The van der Waals surface area contributed by atoms with Crippen molar-refractivity contribution in [3.63, 3.8) is 0 Å². The Labute approximate surface area is 203 Å². The standard InChI is InChI=1S/C26H26FN7O/c1-17-13-20-22(33(17)2)7-8-23(24(20)27)35-26-21(14-28)25(30-16-31-26)32-19-5-3-18(4-6-19)15-34-11-9-29-10-12-34/h3-8,13,16,29H,9-12,15H2,1-2H3,(H,30,31,32). The average molecular weight is 472 g/mol. The molecule has 2 aromatic carbocycles. The number of fused-ring (bicyclic) bond motifs is 1. The molecule has 0 saturated carbocycles. The Hall–Kier alpha value is -4.00. The van der Waals surface area contributed by atoms with Crippen LogP contribution in [0.3, 0.4) is 0 Å². The summed E-state index contributed by atoms with van der Waals surface area (Å²) in [7, 11) is 1.88. The van der Waals surface area contributed by atoms with Gasteiger partial charge in [-0.1, -0.05) is 12.1 Å². The molecule has 2 aromatic heterocycles. The molecule has 35 heavy (non-hydrogen) atoms. The molecule has 0 unspecified atom stereocenters. The highest BCUT2D eigenvalue weighted by Crippen LogP contribution is 2.33. The van der Waals surface area contributed by atoms with E-state index in [1.54, 1.807) is 18.2 Å². The first-order valence-electron chi connectivity index (χ1n) is 11.5. The van der Waals surface area contributed by atoms with Crippen molar-refractivity contribution in [1.82, 2.24) is 24.8 Å². The molecule has 1 fully saturated rings. The first-order chi connectivity index (χ1) is 17.0. The Morgan fingerprint density at radius 3 is 2.66 bits per heavy atom. The summed E-state index contributed by atoms with van der Waals surface area (Å²) in [6.45, 7) is 6.90. The number of ether oxygens (including phenoxy) is 1. The van der Waals surface area contributed by atoms with E-state index in [4.69, 9.17) is 4.74 Å². The van der Waals surface area contributed by atoms with E-state index in [1.807, 2.05) is 30.7 Å². The van der Waals surface area contributed by atoms with E-state index in [-0.39, 0.29) is 17.2 Å². The number of hydrogen-bond acceptors (Lipinski definition) is 7. The van der Waals surface area contributed by atoms with Crippen molar-refractivity contribution in [3.05, 3.63) is 71.4 Å². The Balaban J connectivity index is 1.36. The molecule has 1 aliphatic rings. The summed E-state index contributed by atoms with van der Waals surface area (Å²) < 4.78 is 22.8. The van der Waals surface area contributed by atoms with Crippen LogP contribution in [0, 0.1) is 24.1 Å². The first kappa shape index (κ1) is 22.8. The van der Waals surface area contributed by atoms with Crippen LogP contribution in [0.4, 0.5) is 15.9 Å². The van der Waals surface area contributed by atoms with Gasteiger partial charge in [-0.05, 0) is 42.8 Å². The Morgan fingerprint density at radius 2 is 1.91 bits per heavy atom. The second-order valence-corrected chi connectivity index (χ2v) is 8.62. The fourth-order valence-corrected chi connectivity index (χ4v) is 4.27. The van der Waals surface area contributed by atoms with Gasteiger partial charge in [-0.15, -0.1) is 0 Å². The molecule has 0 bridgehead atoms. The molecule has 0 amide bonds. The highest BCUT2D eigenvalue weighted by molar-refractivity contribution is 5.83. The number of benzene rings is 2. The number of rotatable bonds is 6. The predicted molar refractivity (Wildman–Crippen MR) is 132 cm³/mol. The SMILES string of the molecule is Cc1cc2c(F)c(Oc3ncnc(Nc4ccc(CN5CCNCC5)cc4)c3C#N)ccc2n1C. The van der Waals surface area contributed by atoms with Gasteiger partial charge in [0.1, 0.15) is 12.4 Å². The van der Waals surface area contributed by atoms with Crippen LogP contribution in [0.15, 0.2) is 48.8 Å². The second kappa shape index (κ2) is 9.70. The van der Waals surface area contributed by atoms with Crippen molar-refractivity contribution in [3.8, 4) is 17.7 Å². The maximum Gasteiger partial charge on any atom is 0.242 e. The van der Waals surface area contributed by atoms with Crippen LogP contribution in [0.1, 0.15) is 16.8 Å². The Bertz CT molecular complexity index is 1400. The molecule has 3 heterocycles. The molecule has 4 aromatic rings. The van der Waals surface area contributed by atoms with Gasteiger partial charge in [0.2, 0.25) is 5.88 Å². The summed E-state index contributed by atoms with van der Waals surface area (Å²) in [6, 6.07) is 15.2. The molecule has 2 N–H and O–H groups in total. The number of nitrogens with zero attached hydrogens (tertiary/aromatic N) is 5. The molecule has 5 rings (SSSR count). The topological polar surface area (TPSA) is 91.0 Å². The number of piperazine rings is 1. The van der Waals surface area contributed by atoms with Crippen LogP contribution in [-0.4, -0.2) is 45.6 Å². The van der Waals surface area contributed by atoms with Gasteiger partial charge in [0, 0.05) is 56.5 Å². The second-order valence-electron chi connectivity index (χ2n) is 8.62. The summed E-state index contributed by atoms with van der Waals surface area (Å²) in [5, 5.41) is 16.8. The monoisotopic (exact) mass is 471 g/mol. The molecule has 1 saturated heterocycles. The van der Waals surface area contributed by atoms with Crippen molar-refractivity contribution in [2.24, 2.45) is 7.05 Å². The number of nitriles is 1. The quantitative estimate of drug-likeness (QED) is 0.435. The minimum absolute atomic E-state index is 0.00140. The normalized spacial score (nSPS) is 14.1. The fraction of sp³-hybridized carbons (Fsp3) is 0.269. The number of nitrogens with one attached hydrogen (secondary N) is 2. The van der Waals surface area contributed by atoms with Crippen LogP contribution in [0.25, 0.3) is 10.9 Å². The summed E-state index contributed by atoms with van der Waals surface area (Å²) in [4.78, 5) is 10.7. The first-order valence-corrected chi connectivity index (χ1v) is 11.5. The lowest BCUT2D eigenvalue weighted by Crippen LogP contribution is -2.42. The van der Waals surface area contributed by atoms with Crippen molar-refractivity contribution < 1.29 is 9.13 Å². The zero-order chi connectivity index (χ0) is 24.4. The molecule has 178 valence electrons. The summed E-state index contributed by atoms with van der Waals surface area (Å²) >= 11 is 0. The summed E-state index contributed by atoms with van der Waals surface area (Å²) in [5.74, 6) is -0.208. The fourth-order valence-electron chi connectivity index (χ4n) is 4.27. The average Bonchev–Trinajstić information content (AvgIpc) is 3.17. The van der Waals surface area contributed by atoms with Gasteiger partial charge in [0.25, 0.3) is 0 Å². The molecular weight excluding hydrogens is 445 g/mol. The van der Waals surface area contributed by atoms with Crippen molar-refractivity contribution in [2.75, 3.05) is 31.5 Å². The van der Waals surface area contributed by atoms with Crippen molar-refractivity contribution in [2.45, 2.75) is 13.5 Å². The van der Waals surface area contributed by atoms with E-state index in [0.717, 1.165) is 49.6 Å². The molecule has 8 nitrogen and oxygen atoms in total. The third kappa shape index (κ3) is 4.67. The van der Waals surface area contributed by atoms with Crippen LogP contribution >= 0.6 is 0 Å². The Morgan fingerprint density at radius 1 is 1.14 bits per heavy atom. The summed E-state index contributed by atoms with van der Waals surface area (Å²) in [6.07, 6.45) is 1.29. The molecular formula is C26H26FN7O. The van der Waals surface area contributed by atoms with Crippen molar-refractivity contribution in [1.29, 1.82) is 5.26 Å². The van der Waals surface area contributed by atoms with Crippen LogP contribution < -0.4 is 15.4 Å². The number of hydrogen-bond donors (Lipinski definition) is 2. The predicted octanol–water partition coefficient (Wildman–Crippen LogP) is 4.23. The lowest BCUT2D eigenvalue weighted by molar-refractivity contribution is 0.233. The lowest BCUT2D eigenvalue weighted by atomic mass is 10.1. The van der Waals surface area contributed by atoms with E-state index in [9.17, 15) is 5.26 Å². The Kier molecular flexibility index (Phi) is 6.31.